The lowest BCUT2D eigenvalue weighted by Gasteiger charge is -2.41. The molecule has 1 aliphatic rings. The van der Waals surface area contributed by atoms with E-state index in [1.54, 1.807) is 0 Å². The first-order valence-corrected chi connectivity index (χ1v) is 8.45. The molecule has 0 amide bonds. The lowest BCUT2D eigenvalue weighted by Crippen LogP contribution is -2.38. The molecule has 3 rings (SSSR count). The number of aryl methyl sites for hydroxylation is 1. The summed E-state index contributed by atoms with van der Waals surface area (Å²) in [6.45, 7) is 1.01. The Morgan fingerprint density at radius 3 is 2.95 bits per heavy atom. The summed E-state index contributed by atoms with van der Waals surface area (Å²) in [6, 6.07) is 3.97. The minimum atomic E-state index is 0.381. The van der Waals surface area contributed by atoms with Gasteiger partial charge in [0, 0.05) is 29.8 Å². The highest BCUT2D eigenvalue weighted by atomic mass is 35.5. The molecule has 3 nitrogen and oxygen atoms in total. The van der Waals surface area contributed by atoms with E-state index in [2.05, 4.69) is 20.8 Å². The van der Waals surface area contributed by atoms with Gasteiger partial charge in [0.1, 0.15) is 11.3 Å². The van der Waals surface area contributed by atoms with Gasteiger partial charge in [-0.3, -0.25) is 0 Å². The summed E-state index contributed by atoms with van der Waals surface area (Å²) < 4.78 is 2.67. The van der Waals surface area contributed by atoms with Crippen LogP contribution in [0.25, 0.3) is 11.2 Å². The number of alkyl halides is 1. The number of thioether (sulfide) groups is 1. The van der Waals surface area contributed by atoms with Gasteiger partial charge in [0.05, 0.1) is 0 Å². The molecule has 1 aliphatic carbocycles. The predicted molar refractivity (Wildman–Crippen MR) is 82.0 cm³/mol. The van der Waals surface area contributed by atoms with E-state index in [1.165, 1.54) is 19.3 Å². The third-order valence-corrected chi connectivity index (χ3v) is 5.64. The Bertz CT molecular complexity index is 572. The summed E-state index contributed by atoms with van der Waals surface area (Å²) >= 11 is 7.89. The Kier molecular flexibility index (Phi) is 3.72. The number of fused-ring (bicyclic) bond motifs is 1. The quantitative estimate of drug-likeness (QED) is 0.791. The first-order chi connectivity index (χ1) is 9.28. The number of imidazole rings is 1. The fraction of sp³-hybridized carbons (Fsp3) is 0.571. The molecule has 19 heavy (non-hydrogen) atoms. The highest BCUT2D eigenvalue weighted by molar-refractivity contribution is 8.00. The van der Waals surface area contributed by atoms with Crippen LogP contribution in [-0.2, 0) is 13.0 Å². The van der Waals surface area contributed by atoms with Gasteiger partial charge < -0.3 is 4.57 Å². The molecule has 0 bridgehead atoms. The minimum Gasteiger partial charge on any atom is -0.311 e. The normalized spacial score (nSPS) is 17.6. The van der Waals surface area contributed by atoms with E-state index in [9.17, 15) is 0 Å². The number of nitrogens with zero attached hydrogens (tertiary/aromatic N) is 3. The predicted octanol–water partition coefficient (Wildman–Crippen LogP) is 3.50. The topological polar surface area (TPSA) is 30.7 Å². The molecular weight excluding hydrogens is 278 g/mol. The van der Waals surface area contributed by atoms with Gasteiger partial charge in [-0.2, -0.15) is 11.8 Å². The Labute approximate surface area is 122 Å². The average molecular weight is 296 g/mol. The third kappa shape index (κ3) is 2.36. The molecule has 0 unspecified atom stereocenters. The van der Waals surface area contributed by atoms with E-state index >= 15 is 0 Å². The summed E-state index contributed by atoms with van der Waals surface area (Å²) in [4.78, 5) is 9.20. The van der Waals surface area contributed by atoms with Crippen LogP contribution in [0.1, 0.15) is 25.1 Å². The van der Waals surface area contributed by atoms with Crippen molar-refractivity contribution in [1.82, 2.24) is 14.5 Å². The van der Waals surface area contributed by atoms with Crippen molar-refractivity contribution in [1.29, 1.82) is 0 Å². The highest BCUT2D eigenvalue weighted by Gasteiger charge is 2.37. The van der Waals surface area contributed by atoms with Gasteiger partial charge in [-0.1, -0.05) is 6.42 Å². The van der Waals surface area contributed by atoms with Crippen molar-refractivity contribution in [3.8, 4) is 0 Å². The monoisotopic (exact) mass is 295 g/mol. The van der Waals surface area contributed by atoms with E-state index < -0.39 is 0 Å². The Balaban J connectivity index is 2.02. The van der Waals surface area contributed by atoms with Crippen molar-refractivity contribution in [3.63, 3.8) is 0 Å². The van der Waals surface area contributed by atoms with Gasteiger partial charge in [0.2, 0.25) is 0 Å². The largest absolute Gasteiger partial charge is 0.311 e. The summed E-state index contributed by atoms with van der Waals surface area (Å²) in [7, 11) is 0. The van der Waals surface area contributed by atoms with Crippen LogP contribution >= 0.6 is 23.4 Å². The van der Waals surface area contributed by atoms with Crippen LogP contribution in [0.15, 0.2) is 18.3 Å². The fourth-order valence-electron chi connectivity index (χ4n) is 2.73. The van der Waals surface area contributed by atoms with Crippen molar-refractivity contribution in [2.45, 2.75) is 37.0 Å². The fourth-order valence-corrected chi connectivity index (χ4v) is 3.86. The molecule has 1 saturated carbocycles. The molecule has 5 heteroatoms. The van der Waals surface area contributed by atoms with E-state index in [4.69, 9.17) is 11.6 Å². The lowest BCUT2D eigenvalue weighted by atomic mass is 9.84. The van der Waals surface area contributed by atoms with Crippen molar-refractivity contribution in [2.75, 3.05) is 12.1 Å². The summed E-state index contributed by atoms with van der Waals surface area (Å²) in [5.74, 6) is 1.68. The summed E-state index contributed by atoms with van der Waals surface area (Å²) in [6.07, 6.45) is 8.79. The SMILES string of the molecule is CSC1(Cn2c(CCCl)nc3cccnc32)CCC1. The van der Waals surface area contributed by atoms with E-state index in [-0.39, 0.29) is 0 Å². The van der Waals surface area contributed by atoms with Gasteiger partial charge in [0.25, 0.3) is 0 Å². The third-order valence-electron chi connectivity index (χ3n) is 4.04. The molecule has 2 aromatic heterocycles. The van der Waals surface area contributed by atoms with E-state index in [1.807, 2.05) is 30.1 Å². The molecule has 0 aliphatic heterocycles. The van der Waals surface area contributed by atoms with Crippen LogP contribution in [0.5, 0.6) is 0 Å². The van der Waals surface area contributed by atoms with Gasteiger partial charge >= 0.3 is 0 Å². The summed E-state index contributed by atoms with van der Waals surface area (Å²) in [5, 5.41) is 0. The number of halogens is 1. The average Bonchev–Trinajstić information content (AvgIpc) is 2.72. The van der Waals surface area contributed by atoms with Gasteiger partial charge in [-0.15, -0.1) is 11.6 Å². The van der Waals surface area contributed by atoms with E-state index in [0.717, 1.165) is 30.0 Å². The maximum absolute atomic E-state index is 5.91. The molecular formula is C14H18ClN3S. The minimum absolute atomic E-state index is 0.381. The Hall–Kier alpha value is -0.740. The Morgan fingerprint density at radius 2 is 2.32 bits per heavy atom. The van der Waals surface area contributed by atoms with Crippen molar-refractivity contribution in [2.24, 2.45) is 0 Å². The molecule has 102 valence electrons. The first kappa shape index (κ1) is 13.3. The van der Waals surface area contributed by atoms with Crippen molar-refractivity contribution >= 4 is 34.5 Å². The second kappa shape index (κ2) is 5.33. The van der Waals surface area contributed by atoms with Crippen LogP contribution in [0, 0.1) is 0 Å². The van der Waals surface area contributed by atoms with Crippen LogP contribution in [0.2, 0.25) is 0 Å². The van der Waals surface area contributed by atoms with Gasteiger partial charge in [0.15, 0.2) is 5.65 Å². The molecule has 0 aromatic carbocycles. The number of rotatable bonds is 5. The number of pyridine rings is 1. The zero-order valence-electron chi connectivity index (χ0n) is 11.1. The van der Waals surface area contributed by atoms with Crippen molar-refractivity contribution < 1.29 is 0 Å². The lowest BCUT2D eigenvalue weighted by molar-refractivity contribution is 0.321. The Morgan fingerprint density at radius 1 is 1.47 bits per heavy atom. The number of aromatic nitrogens is 3. The van der Waals surface area contributed by atoms with E-state index in [0.29, 0.717) is 10.6 Å². The van der Waals surface area contributed by atoms with Crippen LogP contribution in [-0.4, -0.2) is 31.4 Å². The van der Waals surface area contributed by atoms with Crippen LogP contribution in [0.3, 0.4) is 0 Å². The second-order valence-corrected chi connectivity index (χ2v) is 6.79. The van der Waals surface area contributed by atoms with Gasteiger partial charge in [-0.05, 0) is 31.2 Å². The number of hydrogen-bond acceptors (Lipinski definition) is 3. The van der Waals surface area contributed by atoms with Crippen LogP contribution < -0.4 is 0 Å². The zero-order valence-corrected chi connectivity index (χ0v) is 12.7. The second-order valence-electron chi connectivity index (χ2n) is 5.14. The standard InChI is InChI=1S/C14H18ClN3S/c1-19-14(6-3-7-14)10-18-12(5-8-15)17-11-4-2-9-16-13(11)18/h2,4,9H,3,5-8,10H2,1H3. The highest BCUT2D eigenvalue weighted by Crippen LogP contribution is 2.44. The maximum atomic E-state index is 5.91. The zero-order chi connectivity index (χ0) is 13.3. The molecule has 0 radical (unpaired) electrons. The van der Waals surface area contributed by atoms with Gasteiger partial charge in [-0.25, -0.2) is 9.97 Å². The summed E-state index contributed by atoms with van der Waals surface area (Å²) in [5.41, 5.74) is 1.99. The maximum Gasteiger partial charge on any atom is 0.160 e. The molecule has 0 saturated heterocycles. The molecule has 2 aromatic rings. The smallest absolute Gasteiger partial charge is 0.160 e. The molecule has 0 atom stereocenters. The first-order valence-electron chi connectivity index (χ1n) is 6.69. The molecule has 0 N–H and O–H groups in total. The van der Waals surface area contributed by atoms with Crippen molar-refractivity contribution in [3.05, 3.63) is 24.2 Å². The van der Waals surface area contributed by atoms with Crippen LogP contribution in [0.4, 0.5) is 0 Å². The molecule has 1 fully saturated rings. The molecule has 2 heterocycles. The molecule has 0 spiro atoms. The number of hydrogen-bond donors (Lipinski definition) is 0.